The van der Waals surface area contributed by atoms with Crippen LogP contribution in [-0.2, 0) is 0 Å². The number of anilines is 2. The van der Waals surface area contributed by atoms with Gasteiger partial charge in [0.15, 0.2) is 0 Å². The Hall–Kier alpha value is -2.25. The van der Waals surface area contributed by atoms with Gasteiger partial charge in [-0.1, -0.05) is 12.1 Å². The van der Waals surface area contributed by atoms with Gasteiger partial charge in [0.25, 0.3) is 5.92 Å². The normalized spacial score (nSPS) is 19.4. The molecule has 0 bridgehead atoms. The molecule has 2 aliphatic heterocycles. The largest absolute Gasteiger partial charge is 0.370 e. The summed E-state index contributed by atoms with van der Waals surface area (Å²) in [6.45, 7) is 6.88. The van der Waals surface area contributed by atoms with E-state index in [1.807, 2.05) is 0 Å². The number of rotatable bonds is 3. The summed E-state index contributed by atoms with van der Waals surface area (Å²) in [4.78, 5) is 10.6. The zero-order valence-corrected chi connectivity index (χ0v) is 17.9. The highest BCUT2D eigenvalue weighted by molar-refractivity contribution is 7.19. The Labute approximate surface area is 179 Å². The maximum atomic E-state index is 13.7. The monoisotopic (exact) mass is 428 g/mol. The maximum Gasteiger partial charge on any atom is 0.251 e. The van der Waals surface area contributed by atoms with E-state index in [9.17, 15) is 8.78 Å². The van der Waals surface area contributed by atoms with E-state index in [4.69, 9.17) is 4.98 Å². The number of nitrogens with one attached hydrogen (secondary N) is 1. The molecule has 5 rings (SSSR count). The molecule has 3 aromatic rings. The molecule has 2 aliphatic rings. The molecule has 4 nitrogen and oxygen atoms in total. The first-order valence-corrected chi connectivity index (χ1v) is 11.4. The molecule has 158 valence electrons. The molecule has 0 aliphatic carbocycles. The van der Waals surface area contributed by atoms with Crippen molar-refractivity contribution in [3.8, 4) is 11.3 Å². The molecule has 2 aromatic heterocycles. The summed E-state index contributed by atoms with van der Waals surface area (Å²) in [5.74, 6) is -2.54. The smallest absolute Gasteiger partial charge is 0.251 e. The lowest BCUT2D eigenvalue weighted by Crippen LogP contribution is -2.43. The van der Waals surface area contributed by atoms with Crippen LogP contribution in [0.15, 0.2) is 36.4 Å². The fourth-order valence-electron chi connectivity index (χ4n) is 4.35. The van der Waals surface area contributed by atoms with Crippen molar-refractivity contribution in [2.75, 3.05) is 49.1 Å². The van der Waals surface area contributed by atoms with Crippen molar-refractivity contribution in [2.45, 2.75) is 25.7 Å². The topological polar surface area (TPSA) is 31.4 Å². The first-order valence-electron chi connectivity index (χ1n) is 10.6. The van der Waals surface area contributed by atoms with Gasteiger partial charge < -0.3 is 15.1 Å². The predicted molar refractivity (Wildman–Crippen MR) is 121 cm³/mol. The highest BCUT2D eigenvalue weighted by Gasteiger charge is 2.34. The number of piperidine rings is 1. The molecular weight excluding hydrogens is 402 g/mol. The van der Waals surface area contributed by atoms with Gasteiger partial charge in [0, 0.05) is 68.2 Å². The predicted octanol–water partition coefficient (Wildman–Crippen LogP) is 4.92. The highest BCUT2D eigenvalue weighted by Crippen LogP contribution is 2.39. The van der Waals surface area contributed by atoms with Crippen molar-refractivity contribution in [1.82, 2.24) is 10.3 Å². The van der Waals surface area contributed by atoms with Crippen LogP contribution in [0, 0.1) is 6.92 Å². The molecule has 0 amide bonds. The minimum absolute atomic E-state index is 0.0874. The Kier molecular flexibility index (Phi) is 5.11. The van der Waals surface area contributed by atoms with Crippen molar-refractivity contribution in [1.29, 1.82) is 0 Å². The summed E-state index contributed by atoms with van der Waals surface area (Å²) in [7, 11) is 0. The first-order chi connectivity index (χ1) is 14.5. The van der Waals surface area contributed by atoms with E-state index in [-0.39, 0.29) is 12.8 Å². The van der Waals surface area contributed by atoms with Crippen molar-refractivity contribution in [3.05, 3.63) is 41.3 Å². The van der Waals surface area contributed by atoms with E-state index in [2.05, 4.69) is 58.4 Å². The van der Waals surface area contributed by atoms with Crippen molar-refractivity contribution < 1.29 is 8.78 Å². The molecule has 0 unspecified atom stereocenters. The van der Waals surface area contributed by atoms with Gasteiger partial charge in [0.2, 0.25) is 0 Å². The number of hydrogen-bond acceptors (Lipinski definition) is 5. The van der Waals surface area contributed by atoms with Crippen molar-refractivity contribution >= 4 is 32.9 Å². The molecule has 2 saturated heterocycles. The SMILES string of the molecule is Cc1cc2nc(-c3ccc(N4CCNCC4)cc3)cc(N3CCC(F)(F)CC3)c2s1. The van der Waals surface area contributed by atoms with Gasteiger partial charge in [-0.25, -0.2) is 13.8 Å². The number of aryl methyl sites for hydroxylation is 1. The van der Waals surface area contributed by atoms with Crippen LogP contribution in [0.4, 0.5) is 20.2 Å². The van der Waals surface area contributed by atoms with Gasteiger partial charge in [-0.2, -0.15) is 0 Å². The number of hydrogen-bond donors (Lipinski definition) is 1. The summed E-state index contributed by atoms with van der Waals surface area (Å²) in [5, 5.41) is 3.38. The van der Waals surface area contributed by atoms with E-state index in [0.717, 1.165) is 53.3 Å². The Morgan fingerprint density at radius 1 is 0.967 bits per heavy atom. The average molecular weight is 429 g/mol. The van der Waals surface area contributed by atoms with Gasteiger partial charge in [0.1, 0.15) is 0 Å². The van der Waals surface area contributed by atoms with Gasteiger partial charge in [-0.15, -0.1) is 11.3 Å². The van der Waals surface area contributed by atoms with Crippen LogP contribution in [0.2, 0.25) is 0 Å². The van der Waals surface area contributed by atoms with E-state index in [0.29, 0.717) is 13.1 Å². The molecule has 2 fully saturated rings. The second kappa shape index (κ2) is 7.78. The number of nitrogens with zero attached hydrogens (tertiary/aromatic N) is 3. The fourth-order valence-corrected chi connectivity index (χ4v) is 5.34. The van der Waals surface area contributed by atoms with Crippen LogP contribution in [0.5, 0.6) is 0 Å². The Morgan fingerprint density at radius 3 is 2.37 bits per heavy atom. The summed E-state index contributed by atoms with van der Waals surface area (Å²) < 4.78 is 28.5. The van der Waals surface area contributed by atoms with E-state index in [1.54, 1.807) is 11.3 Å². The second-order valence-corrected chi connectivity index (χ2v) is 9.48. The van der Waals surface area contributed by atoms with E-state index < -0.39 is 5.92 Å². The minimum atomic E-state index is -2.54. The highest BCUT2D eigenvalue weighted by atomic mass is 32.1. The lowest BCUT2D eigenvalue weighted by Gasteiger charge is -2.33. The van der Waals surface area contributed by atoms with Crippen LogP contribution in [-0.4, -0.2) is 50.2 Å². The third kappa shape index (κ3) is 3.88. The quantitative estimate of drug-likeness (QED) is 0.642. The molecule has 1 N–H and O–H groups in total. The number of aromatic nitrogens is 1. The van der Waals surface area contributed by atoms with Crippen LogP contribution in [0.3, 0.4) is 0 Å². The number of piperazine rings is 1. The average Bonchev–Trinajstić information content (AvgIpc) is 3.14. The Morgan fingerprint density at radius 2 is 1.67 bits per heavy atom. The summed E-state index contributed by atoms with van der Waals surface area (Å²) in [6, 6.07) is 12.7. The molecule has 30 heavy (non-hydrogen) atoms. The molecule has 0 radical (unpaired) electrons. The third-order valence-corrected chi connectivity index (χ3v) is 7.13. The first kappa shape index (κ1) is 19.7. The van der Waals surface area contributed by atoms with Crippen LogP contribution in [0.25, 0.3) is 21.5 Å². The van der Waals surface area contributed by atoms with Gasteiger partial charge in [-0.05, 0) is 31.2 Å². The Bertz CT molecular complexity index is 1030. The summed E-state index contributed by atoms with van der Waals surface area (Å²) in [6.07, 6.45) is -0.175. The van der Waals surface area contributed by atoms with Crippen molar-refractivity contribution in [2.24, 2.45) is 0 Å². The molecule has 4 heterocycles. The Balaban J connectivity index is 1.49. The van der Waals surface area contributed by atoms with Crippen LogP contribution >= 0.6 is 11.3 Å². The lowest BCUT2D eigenvalue weighted by molar-refractivity contribution is -0.0220. The summed E-state index contributed by atoms with van der Waals surface area (Å²) in [5.41, 5.74) is 5.18. The van der Waals surface area contributed by atoms with Gasteiger partial charge >= 0.3 is 0 Å². The molecule has 0 saturated carbocycles. The van der Waals surface area contributed by atoms with Gasteiger partial charge in [-0.3, -0.25) is 0 Å². The van der Waals surface area contributed by atoms with E-state index >= 15 is 0 Å². The fraction of sp³-hybridized carbons (Fsp3) is 0.435. The molecule has 0 atom stereocenters. The number of benzene rings is 1. The third-order valence-electron chi connectivity index (χ3n) is 6.06. The molecular formula is C23H26F2N4S. The number of alkyl halides is 2. The van der Waals surface area contributed by atoms with Crippen molar-refractivity contribution in [3.63, 3.8) is 0 Å². The minimum Gasteiger partial charge on any atom is -0.370 e. The number of pyridine rings is 1. The number of fused-ring (bicyclic) bond motifs is 1. The second-order valence-electron chi connectivity index (χ2n) is 8.22. The molecule has 1 aromatic carbocycles. The van der Waals surface area contributed by atoms with Crippen LogP contribution in [0.1, 0.15) is 17.7 Å². The molecule has 0 spiro atoms. The number of thiophene rings is 1. The van der Waals surface area contributed by atoms with E-state index in [1.165, 1.54) is 10.6 Å². The lowest BCUT2D eigenvalue weighted by atomic mass is 10.0. The summed E-state index contributed by atoms with van der Waals surface area (Å²) >= 11 is 1.69. The zero-order valence-electron chi connectivity index (χ0n) is 17.1. The maximum absolute atomic E-state index is 13.7. The van der Waals surface area contributed by atoms with Crippen LogP contribution < -0.4 is 15.1 Å². The molecule has 7 heteroatoms. The number of halogens is 2. The van der Waals surface area contributed by atoms with Gasteiger partial charge in [0.05, 0.1) is 21.6 Å². The standard InChI is InChI=1S/C23H26F2N4S/c1-16-14-20-22(30-16)21(29-10-6-23(24,25)7-11-29)15-19(27-20)17-2-4-18(5-3-17)28-12-8-26-9-13-28/h2-5,14-15,26H,6-13H2,1H3. The zero-order chi connectivity index (χ0) is 20.7.